The zero-order valence-electron chi connectivity index (χ0n) is 24.3. The maximum atomic E-state index is 13.8. The van der Waals surface area contributed by atoms with Crippen LogP contribution in [0.5, 0.6) is 11.5 Å². The lowest BCUT2D eigenvalue weighted by Crippen LogP contribution is -2.52. The Kier molecular flexibility index (Phi) is 10.5. The molecule has 1 amide bonds. The van der Waals surface area contributed by atoms with Crippen LogP contribution in [0.2, 0.25) is 0 Å². The van der Waals surface area contributed by atoms with E-state index in [1.54, 1.807) is 0 Å². The van der Waals surface area contributed by atoms with Crippen molar-refractivity contribution in [3.8, 4) is 11.5 Å². The predicted molar refractivity (Wildman–Crippen MR) is 159 cm³/mol. The molecule has 0 aliphatic carbocycles. The van der Waals surface area contributed by atoms with E-state index in [-0.39, 0.29) is 42.9 Å². The van der Waals surface area contributed by atoms with Gasteiger partial charge in [-0.15, -0.1) is 0 Å². The Morgan fingerprint density at radius 2 is 1.77 bits per heavy atom. The fraction of sp³-hybridized carbons (Fsp3) is 0.448. The summed E-state index contributed by atoms with van der Waals surface area (Å²) >= 11 is 0. The summed E-state index contributed by atoms with van der Waals surface area (Å²) in [7, 11) is -7.73. The van der Waals surface area contributed by atoms with Gasteiger partial charge in [0.25, 0.3) is 0 Å². The van der Waals surface area contributed by atoms with Crippen LogP contribution in [0, 0.1) is 11.8 Å². The number of nitrogens with zero attached hydrogens (tertiary/aromatic N) is 2. The number of carbonyl (C=O) groups excluding carboxylic acids is 1. The molecule has 0 saturated heterocycles. The first-order valence-corrected chi connectivity index (χ1v) is 17.2. The average molecular weight is 635 g/mol. The first-order valence-electron chi connectivity index (χ1n) is 13.9. The van der Waals surface area contributed by atoms with Crippen molar-refractivity contribution in [2.24, 2.45) is 11.8 Å². The van der Waals surface area contributed by atoms with Gasteiger partial charge >= 0.3 is 0 Å². The van der Waals surface area contributed by atoms with E-state index >= 15 is 0 Å². The molecule has 3 atom stereocenters. The van der Waals surface area contributed by atoms with Crippen LogP contribution in [0.25, 0.3) is 0 Å². The van der Waals surface area contributed by atoms with Crippen LogP contribution in [0.1, 0.15) is 32.0 Å². The average Bonchev–Trinajstić information content (AvgIpc) is 3.63. The summed E-state index contributed by atoms with van der Waals surface area (Å²) < 4.78 is 64.8. The van der Waals surface area contributed by atoms with Gasteiger partial charge in [0.1, 0.15) is 0 Å². The highest BCUT2D eigenvalue weighted by Gasteiger charge is 2.33. The van der Waals surface area contributed by atoms with Gasteiger partial charge in [0.15, 0.2) is 21.3 Å². The van der Waals surface area contributed by atoms with Gasteiger partial charge in [-0.1, -0.05) is 51.1 Å². The number of hydrogen-bond acceptors (Lipinski definition) is 9. The van der Waals surface area contributed by atoms with Crippen LogP contribution < -0.4 is 14.8 Å². The second kappa shape index (κ2) is 13.9. The minimum Gasteiger partial charge on any atom is -0.454 e. The van der Waals surface area contributed by atoms with Crippen molar-refractivity contribution in [2.45, 2.75) is 50.0 Å². The van der Waals surface area contributed by atoms with Gasteiger partial charge in [-0.2, -0.15) is 4.31 Å². The number of benzene rings is 2. The molecular formula is C29H38N4O8S2. The highest BCUT2D eigenvalue weighted by molar-refractivity contribution is 7.90. The summed E-state index contributed by atoms with van der Waals surface area (Å²) in [6.07, 6.45) is 1.67. The third-order valence-corrected chi connectivity index (χ3v) is 10.5. The number of rotatable bonds is 15. The maximum Gasteiger partial charge on any atom is 0.243 e. The molecule has 0 spiro atoms. The minimum absolute atomic E-state index is 0.00296. The molecular weight excluding hydrogens is 596 g/mol. The quantitative estimate of drug-likeness (QED) is 0.227. The lowest BCUT2D eigenvalue weighted by atomic mass is 10.00. The number of aromatic nitrogens is 2. The lowest BCUT2D eigenvalue weighted by Gasteiger charge is -2.31. The number of fused-ring (bicyclic) bond motifs is 1. The van der Waals surface area contributed by atoms with Gasteiger partial charge in [0.2, 0.25) is 22.7 Å². The number of aliphatic hydroxyl groups excluding tert-OH is 1. The van der Waals surface area contributed by atoms with Crippen LogP contribution in [-0.2, 0) is 36.8 Å². The third kappa shape index (κ3) is 8.78. The molecule has 2 aromatic carbocycles. The summed E-state index contributed by atoms with van der Waals surface area (Å²) in [4.78, 5) is 19.8. The minimum atomic E-state index is -4.08. The molecule has 1 unspecified atom stereocenters. The van der Waals surface area contributed by atoms with Gasteiger partial charge in [-0.3, -0.25) is 4.79 Å². The number of aromatic amines is 1. The number of nitrogens with one attached hydrogen (secondary N) is 2. The first-order chi connectivity index (χ1) is 20.3. The Labute approximate surface area is 252 Å². The molecule has 1 aliphatic rings. The first kappa shape index (κ1) is 32.5. The second-order valence-corrected chi connectivity index (χ2v) is 15.2. The predicted octanol–water partition coefficient (Wildman–Crippen LogP) is 2.12. The molecule has 1 aromatic heterocycles. The summed E-state index contributed by atoms with van der Waals surface area (Å²) in [5, 5.41) is 14.3. The number of carbonyl (C=O) groups is 1. The van der Waals surface area contributed by atoms with Gasteiger partial charge in [0.05, 0.1) is 34.9 Å². The van der Waals surface area contributed by atoms with E-state index in [1.807, 2.05) is 44.2 Å². The Morgan fingerprint density at radius 3 is 2.44 bits per heavy atom. The van der Waals surface area contributed by atoms with Crippen molar-refractivity contribution in [2.75, 3.05) is 25.6 Å². The van der Waals surface area contributed by atoms with Crippen molar-refractivity contribution in [3.63, 3.8) is 0 Å². The van der Waals surface area contributed by atoms with Crippen molar-refractivity contribution in [3.05, 3.63) is 72.3 Å². The number of amides is 1. The zero-order valence-corrected chi connectivity index (χ0v) is 26.0. The van der Waals surface area contributed by atoms with Crippen molar-refractivity contribution in [1.29, 1.82) is 0 Å². The Hall–Kier alpha value is -3.46. The number of aliphatic hydroxyl groups is 1. The fourth-order valence-corrected chi connectivity index (χ4v) is 8.09. The van der Waals surface area contributed by atoms with E-state index in [4.69, 9.17) is 9.47 Å². The Balaban J connectivity index is 1.53. The van der Waals surface area contributed by atoms with Crippen LogP contribution in [-0.4, -0.2) is 79.9 Å². The number of sulfone groups is 1. The van der Waals surface area contributed by atoms with E-state index in [2.05, 4.69) is 15.3 Å². The standard InChI is InChI=1S/C29H38N4O8S2/c1-20(2)14-33(43(38,39)24-9-10-27-28(12-24)41-19-40-27)15-26(34)25(11-22-7-5-4-6-8-22)32-29(35)21(3)16-42(36,37)17-23-13-30-18-31-23/h4-10,12-13,18,20-21,25-26,34H,11,14-17,19H2,1-3H3,(H,30,31)(H,32,35)/t21-,25?,26-/m1/s1. The number of imidazole rings is 1. The molecule has 4 rings (SSSR count). The molecule has 12 nitrogen and oxygen atoms in total. The van der Waals surface area contributed by atoms with Crippen LogP contribution >= 0.6 is 0 Å². The van der Waals surface area contributed by atoms with Gasteiger partial charge < -0.3 is 24.9 Å². The third-order valence-electron chi connectivity index (χ3n) is 6.91. The highest BCUT2D eigenvalue weighted by Crippen LogP contribution is 2.35. The molecule has 0 fully saturated rings. The maximum absolute atomic E-state index is 13.8. The highest BCUT2D eigenvalue weighted by atomic mass is 32.2. The van der Waals surface area contributed by atoms with Crippen molar-refractivity contribution < 1.29 is 36.2 Å². The molecule has 3 aromatic rings. The Bertz CT molecular complexity index is 1580. The van der Waals surface area contributed by atoms with E-state index in [0.29, 0.717) is 17.2 Å². The van der Waals surface area contributed by atoms with Crippen LogP contribution in [0.15, 0.2) is 66.0 Å². The van der Waals surface area contributed by atoms with Crippen molar-refractivity contribution in [1.82, 2.24) is 19.6 Å². The normalized spacial score (nSPS) is 15.4. The fourth-order valence-electron chi connectivity index (χ4n) is 4.79. The van der Waals surface area contributed by atoms with E-state index in [0.717, 1.165) is 5.56 Å². The van der Waals surface area contributed by atoms with E-state index in [9.17, 15) is 26.7 Å². The monoisotopic (exact) mass is 634 g/mol. The summed E-state index contributed by atoms with van der Waals surface area (Å²) in [5.41, 5.74) is 1.22. The molecule has 43 heavy (non-hydrogen) atoms. The number of sulfonamides is 1. The molecule has 1 aliphatic heterocycles. The summed E-state index contributed by atoms with van der Waals surface area (Å²) in [5.74, 6) is -1.51. The zero-order chi connectivity index (χ0) is 31.2. The molecule has 14 heteroatoms. The number of hydrogen-bond donors (Lipinski definition) is 3. The van der Waals surface area contributed by atoms with Gasteiger partial charge in [0, 0.05) is 37.0 Å². The molecule has 3 N–H and O–H groups in total. The summed E-state index contributed by atoms with van der Waals surface area (Å²) in [6.45, 7) is 5.03. The number of H-pyrrole nitrogens is 1. The largest absolute Gasteiger partial charge is 0.454 e. The molecule has 0 radical (unpaired) electrons. The summed E-state index contributed by atoms with van der Waals surface area (Å²) in [6, 6.07) is 12.6. The number of ether oxygens (including phenoxy) is 2. The van der Waals surface area contributed by atoms with Gasteiger partial charge in [-0.05, 0) is 30.0 Å². The van der Waals surface area contributed by atoms with Crippen molar-refractivity contribution >= 4 is 25.8 Å². The van der Waals surface area contributed by atoms with E-state index in [1.165, 1.54) is 42.0 Å². The molecule has 2 heterocycles. The molecule has 0 bridgehead atoms. The molecule has 0 saturated carbocycles. The Morgan fingerprint density at radius 1 is 1.05 bits per heavy atom. The lowest BCUT2D eigenvalue weighted by molar-refractivity contribution is -0.125. The van der Waals surface area contributed by atoms with Gasteiger partial charge in [-0.25, -0.2) is 21.8 Å². The smallest absolute Gasteiger partial charge is 0.243 e. The topological polar surface area (TPSA) is 168 Å². The second-order valence-electron chi connectivity index (χ2n) is 11.1. The van der Waals surface area contributed by atoms with Crippen LogP contribution in [0.3, 0.4) is 0 Å². The SMILES string of the molecule is CC(C)CN(C[C@@H](O)C(Cc1ccccc1)NC(=O)[C@H](C)CS(=O)(=O)Cc1cnc[nH]1)S(=O)(=O)c1ccc2c(c1)OCO2. The van der Waals surface area contributed by atoms with Crippen LogP contribution in [0.4, 0.5) is 0 Å². The van der Waals surface area contributed by atoms with E-state index < -0.39 is 49.6 Å². The molecule has 234 valence electrons.